The first-order valence-corrected chi connectivity index (χ1v) is 4.83. The van der Waals surface area contributed by atoms with E-state index in [1.54, 1.807) is 0 Å². The maximum absolute atomic E-state index is 12.5. The van der Waals surface area contributed by atoms with E-state index in [2.05, 4.69) is 15.1 Å². The van der Waals surface area contributed by atoms with Gasteiger partial charge in [0.1, 0.15) is 5.75 Å². The number of ether oxygens (including phenoxy) is 1. The highest BCUT2D eigenvalue weighted by Gasteiger charge is 2.05. The summed E-state index contributed by atoms with van der Waals surface area (Å²) in [7, 11) is 0. The van der Waals surface area contributed by atoms with Crippen molar-refractivity contribution in [2.75, 3.05) is 0 Å². The van der Waals surface area contributed by atoms with Gasteiger partial charge in [0, 0.05) is 6.42 Å². The zero-order valence-corrected chi connectivity index (χ0v) is 8.68. The lowest BCUT2D eigenvalue weighted by Crippen LogP contribution is -1.96. The molecule has 2 rings (SSSR count). The Balaban J connectivity index is 1.94. The fraction of sp³-hybridized carbons (Fsp3) is 0.300. The molecule has 0 atom stereocenters. The minimum Gasteiger partial charge on any atom is -0.482 e. The highest BCUT2D eigenvalue weighted by molar-refractivity contribution is 5.16. The summed E-state index contributed by atoms with van der Waals surface area (Å²) in [5, 5.41) is 3.72. The fourth-order valence-electron chi connectivity index (χ4n) is 1.09. The monoisotopic (exact) mass is 223 g/mol. The summed E-state index contributed by atoms with van der Waals surface area (Å²) < 4.78 is 22.7. The molecular formula is C10H10FN3O2. The van der Waals surface area contributed by atoms with Crippen molar-refractivity contribution in [3.63, 3.8) is 0 Å². The van der Waals surface area contributed by atoms with Gasteiger partial charge in [-0.15, -0.1) is 0 Å². The van der Waals surface area contributed by atoms with E-state index in [-0.39, 0.29) is 6.61 Å². The summed E-state index contributed by atoms with van der Waals surface area (Å²) in [6.45, 7) is 2.08. The van der Waals surface area contributed by atoms with Gasteiger partial charge in [0.15, 0.2) is 12.4 Å². The van der Waals surface area contributed by atoms with Crippen LogP contribution in [0.3, 0.4) is 0 Å². The Bertz CT molecular complexity index is 455. The maximum atomic E-state index is 12.5. The molecule has 6 heteroatoms. The van der Waals surface area contributed by atoms with Gasteiger partial charge in [-0.1, -0.05) is 12.1 Å². The number of rotatable bonds is 4. The summed E-state index contributed by atoms with van der Waals surface area (Å²) in [5.74, 6) is 0.938. The molecule has 0 unspecified atom stereocenters. The number of pyridine rings is 1. The molecule has 2 heterocycles. The SMILES string of the molecule is CCc1noc(COc2ccc(F)nc2)n1. The van der Waals surface area contributed by atoms with Gasteiger partial charge in [0.25, 0.3) is 5.89 Å². The van der Waals surface area contributed by atoms with Gasteiger partial charge in [0.2, 0.25) is 5.95 Å². The summed E-state index contributed by atoms with van der Waals surface area (Å²) in [4.78, 5) is 7.52. The third kappa shape index (κ3) is 2.53. The van der Waals surface area contributed by atoms with E-state index in [0.29, 0.717) is 23.9 Å². The minimum atomic E-state index is -0.543. The van der Waals surface area contributed by atoms with Gasteiger partial charge >= 0.3 is 0 Å². The highest BCUT2D eigenvalue weighted by atomic mass is 19.1. The summed E-state index contributed by atoms with van der Waals surface area (Å²) in [6, 6.07) is 2.71. The molecule has 0 amide bonds. The minimum absolute atomic E-state index is 0.153. The summed E-state index contributed by atoms with van der Waals surface area (Å²) in [5.41, 5.74) is 0. The summed E-state index contributed by atoms with van der Waals surface area (Å²) >= 11 is 0. The second-order valence-electron chi connectivity index (χ2n) is 3.06. The molecule has 2 aromatic rings. The number of nitrogens with zero attached hydrogens (tertiary/aromatic N) is 3. The smallest absolute Gasteiger partial charge is 0.264 e. The maximum Gasteiger partial charge on any atom is 0.264 e. The van der Waals surface area contributed by atoms with Crippen molar-refractivity contribution >= 4 is 0 Å². The molecule has 0 radical (unpaired) electrons. The van der Waals surface area contributed by atoms with E-state index in [9.17, 15) is 4.39 Å². The van der Waals surface area contributed by atoms with Crippen molar-refractivity contribution in [1.82, 2.24) is 15.1 Å². The van der Waals surface area contributed by atoms with Gasteiger partial charge in [-0.25, -0.2) is 4.98 Å². The molecule has 84 valence electrons. The molecular weight excluding hydrogens is 213 g/mol. The van der Waals surface area contributed by atoms with Crippen molar-refractivity contribution in [3.8, 4) is 5.75 Å². The first kappa shape index (κ1) is 10.5. The van der Waals surface area contributed by atoms with E-state index < -0.39 is 5.95 Å². The van der Waals surface area contributed by atoms with E-state index in [1.165, 1.54) is 18.3 Å². The second kappa shape index (κ2) is 4.69. The Morgan fingerprint density at radius 2 is 2.31 bits per heavy atom. The molecule has 0 spiro atoms. The van der Waals surface area contributed by atoms with Crippen LogP contribution < -0.4 is 4.74 Å². The standard InChI is InChI=1S/C10H10FN3O2/c1-2-9-13-10(16-14-9)6-15-7-3-4-8(11)12-5-7/h3-5H,2,6H2,1H3. The zero-order chi connectivity index (χ0) is 11.4. The molecule has 16 heavy (non-hydrogen) atoms. The summed E-state index contributed by atoms with van der Waals surface area (Å²) in [6.07, 6.45) is 2.01. The van der Waals surface area contributed by atoms with Crippen molar-refractivity contribution in [2.45, 2.75) is 20.0 Å². The third-order valence-electron chi connectivity index (χ3n) is 1.89. The molecule has 0 aromatic carbocycles. The fourth-order valence-corrected chi connectivity index (χ4v) is 1.09. The van der Waals surface area contributed by atoms with E-state index in [0.717, 1.165) is 0 Å². The van der Waals surface area contributed by atoms with Crippen LogP contribution in [0.15, 0.2) is 22.9 Å². The Kier molecular flexibility index (Phi) is 3.09. The molecule has 0 aliphatic heterocycles. The van der Waals surface area contributed by atoms with E-state index in [1.807, 2.05) is 6.92 Å². The predicted octanol–water partition coefficient (Wildman–Crippen LogP) is 1.75. The van der Waals surface area contributed by atoms with Gasteiger partial charge in [0.05, 0.1) is 6.20 Å². The molecule has 0 bridgehead atoms. The van der Waals surface area contributed by atoms with Crippen LogP contribution in [-0.4, -0.2) is 15.1 Å². The van der Waals surface area contributed by atoms with E-state index in [4.69, 9.17) is 9.26 Å². The average molecular weight is 223 g/mol. The predicted molar refractivity (Wildman–Crippen MR) is 52.2 cm³/mol. The van der Waals surface area contributed by atoms with Crippen molar-refractivity contribution in [1.29, 1.82) is 0 Å². The molecule has 0 aliphatic rings. The Morgan fingerprint density at radius 3 is 2.94 bits per heavy atom. The van der Waals surface area contributed by atoms with Crippen LogP contribution in [0.2, 0.25) is 0 Å². The van der Waals surface area contributed by atoms with Crippen molar-refractivity contribution in [3.05, 3.63) is 36.0 Å². The second-order valence-corrected chi connectivity index (χ2v) is 3.06. The molecule has 0 saturated carbocycles. The lowest BCUT2D eigenvalue weighted by atomic mass is 10.4. The third-order valence-corrected chi connectivity index (χ3v) is 1.89. The Labute approximate surface area is 91.3 Å². The first-order chi connectivity index (χ1) is 7.78. The topological polar surface area (TPSA) is 61.0 Å². The van der Waals surface area contributed by atoms with Crippen LogP contribution in [0.1, 0.15) is 18.6 Å². The molecule has 0 N–H and O–H groups in total. The van der Waals surface area contributed by atoms with Crippen LogP contribution in [0, 0.1) is 5.95 Å². The normalized spacial score (nSPS) is 10.4. The van der Waals surface area contributed by atoms with Gasteiger partial charge in [-0.2, -0.15) is 9.37 Å². The van der Waals surface area contributed by atoms with Crippen LogP contribution in [0.4, 0.5) is 4.39 Å². The number of aryl methyl sites for hydroxylation is 1. The molecule has 2 aromatic heterocycles. The van der Waals surface area contributed by atoms with Gasteiger partial charge in [-0.3, -0.25) is 0 Å². The number of halogens is 1. The van der Waals surface area contributed by atoms with Crippen molar-refractivity contribution in [2.24, 2.45) is 0 Å². The number of hydrogen-bond acceptors (Lipinski definition) is 5. The Hall–Kier alpha value is -1.98. The van der Waals surface area contributed by atoms with Crippen LogP contribution in [0.5, 0.6) is 5.75 Å². The van der Waals surface area contributed by atoms with Crippen LogP contribution in [0.25, 0.3) is 0 Å². The zero-order valence-electron chi connectivity index (χ0n) is 8.68. The lowest BCUT2D eigenvalue weighted by molar-refractivity contribution is 0.241. The Morgan fingerprint density at radius 1 is 1.44 bits per heavy atom. The number of hydrogen-bond donors (Lipinski definition) is 0. The number of aromatic nitrogens is 3. The van der Waals surface area contributed by atoms with Gasteiger partial charge in [-0.05, 0) is 12.1 Å². The average Bonchev–Trinajstić information content (AvgIpc) is 2.76. The first-order valence-electron chi connectivity index (χ1n) is 4.83. The molecule has 0 fully saturated rings. The molecule has 0 saturated heterocycles. The van der Waals surface area contributed by atoms with E-state index >= 15 is 0 Å². The quantitative estimate of drug-likeness (QED) is 0.739. The largest absolute Gasteiger partial charge is 0.482 e. The highest BCUT2D eigenvalue weighted by Crippen LogP contribution is 2.10. The van der Waals surface area contributed by atoms with Crippen LogP contribution in [-0.2, 0) is 13.0 Å². The molecule has 5 nitrogen and oxygen atoms in total. The van der Waals surface area contributed by atoms with Crippen LogP contribution >= 0.6 is 0 Å². The van der Waals surface area contributed by atoms with Crippen molar-refractivity contribution < 1.29 is 13.7 Å². The lowest BCUT2D eigenvalue weighted by Gasteiger charge is -2.00. The van der Waals surface area contributed by atoms with Gasteiger partial charge < -0.3 is 9.26 Å². The molecule has 0 aliphatic carbocycles.